The van der Waals surface area contributed by atoms with Crippen molar-refractivity contribution in [3.05, 3.63) is 16.5 Å². The fraction of sp³-hybridized carbons (Fsp3) is 0.733. The largest absolute Gasteiger partial charge is 0.351 e. The summed E-state index contributed by atoms with van der Waals surface area (Å²) in [5, 5.41) is 0.581. The molecular formula is C15H24ClN3. The second-order valence-corrected chi connectivity index (χ2v) is 7.46. The van der Waals surface area contributed by atoms with Crippen LogP contribution in [0.1, 0.15) is 58.8 Å². The van der Waals surface area contributed by atoms with Crippen LogP contribution in [0.5, 0.6) is 0 Å². The van der Waals surface area contributed by atoms with Crippen molar-refractivity contribution >= 4 is 17.4 Å². The van der Waals surface area contributed by atoms with Crippen molar-refractivity contribution in [2.45, 2.75) is 65.3 Å². The van der Waals surface area contributed by atoms with Crippen molar-refractivity contribution in [2.24, 2.45) is 0 Å². The molecule has 1 fully saturated rings. The molecule has 106 valence electrons. The van der Waals surface area contributed by atoms with Crippen LogP contribution < -0.4 is 4.90 Å². The monoisotopic (exact) mass is 281 g/mol. The number of hydrogen-bond donors (Lipinski definition) is 0. The molecule has 0 amide bonds. The van der Waals surface area contributed by atoms with E-state index in [1.807, 2.05) is 6.92 Å². The van der Waals surface area contributed by atoms with E-state index < -0.39 is 0 Å². The van der Waals surface area contributed by atoms with Crippen molar-refractivity contribution in [3.8, 4) is 0 Å². The summed E-state index contributed by atoms with van der Waals surface area (Å²) in [4.78, 5) is 11.6. The van der Waals surface area contributed by atoms with Gasteiger partial charge >= 0.3 is 0 Å². The first-order valence-corrected chi connectivity index (χ1v) is 7.33. The van der Waals surface area contributed by atoms with Crippen LogP contribution in [0.25, 0.3) is 0 Å². The lowest BCUT2D eigenvalue weighted by Crippen LogP contribution is -2.39. The molecule has 4 heteroatoms. The minimum atomic E-state index is -0.0873. The summed E-state index contributed by atoms with van der Waals surface area (Å²) in [6, 6.07) is 0. The molecule has 0 saturated carbocycles. The zero-order valence-electron chi connectivity index (χ0n) is 12.8. The van der Waals surface area contributed by atoms with E-state index in [0.717, 1.165) is 23.8 Å². The number of anilines is 1. The molecule has 19 heavy (non-hydrogen) atoms. The molecule has 0 aromatic carbocycles. The molecule has 1 saturated heterocycles. The highest BCUT2D eigenvalue weighted by Gasteiger charge is 2.35. The Bertz CT molecular complexity index is 489. The maximum Gasteiger partial charge on any atom is 0.137 e. The molecule has 0 aliphatic carbocycles. The molecule has 0 atom stereocenters. The van der Waals surface area contributed by atoms with Crippen LogP contribution in [0, 0.1) is 6.92 Å². The molecule has 3 nitrogen and oxygen atoms in total. The average Bonchev–Trinajstić information content (AvgIpc) is 2.60. The van der Waals surface area contributed by atoms with Gasteiger partial charge in [0.1, 0.15) is 16.8 Å². The Labute approximate surface area is 121 Å². The summed E-state index contributed by atoms with van der Waals surface area (Å²) in [5.74, 6) is 1.83. The summed E-state index contributed by atoms with van der Waals surface area (Å²) >= 11 is 6.32. The first kappa shape index (κ1) is 14.6. The highest BCUT2D eigenvalue weighted by molar-refractivity contribution is 6.30. The van der Waals surface area contributed by atoms with Gasteiger partial charge in [-0.25, -0.2) is 9.97 Å². The molecule has 0 bridgehead atoms. The molecular weight excluding hydrogens is 258 g/mol. The molecule has 0 N–H and O–H groups in total. The second kappa shape index (κ2) is 4.62. The minimum absolute atomic E-state index is 0.0873. The Morgan fingerprint density at radius 1 is 1.21 bits per heavy atom. The lowest BCUT2D eigenvalue weighted by atomic mass is 9.95. The average molecular weight is 282 g/mol. The summed E-state index contributed by atoms with van der Waals surface area (Å²) < 4.78 is 0. The highest BCUT2D eigenvalue weighted by atomic mass is 35.5. The summed E-state index contributed by atoms with van der Waals surface area (Å²) in [6.07, 6.45) is 2.40. The molecule has 1 aromatic heterocycles. The molecule has 2 heterocycles. The lowest BCUT2D eigenvalue weighted by Gasteiger charge is -2.34. The quantitative estimate of drug-likeness (QED) is 0.725. The van der Waals surface area contributed by atoms with Gasteiger partial charge in [0.05, 0.1) is 0 Å². The molecule has 1 aliphatic heterocycles. The molecule has 1 aliphatic rings. The van der Waals surface area contributed by atoms with E-state index in [4.69, 9.17) is 16.6 Å². The number of nitrogens with zero attached hydrogens (tertiary/aromatic N) is 3. The van der Waals surface area contributed by atoms with Gasteiger partial charge in [-0.3, -0.25) is 0 Å². The van der Waals surface area contributed by atoms with E-state index in [0.29, 0.717) is 5.15 Å². The van der Waals surface area contributed by atoms with Gasteiger partial charge in [-0.15, -0.1) is 0 Å². The number of aromatic nitrogens is 2. The predicted octanol–water partition coefficient (Wildman–Crippen LogP) is 4.11. The Balaban J connectivity index is 2.54. The van der Waals surface area contributed by atoms with Crippen LogP contribution in [0.3, 0.4) is 0 Å². The lowest BCUT2D eigenvalue weighted by molar-refractivity contribution is 0.504. The molecule has 1 aromatic rings. The number of halogens is 1. The molecule has 0 unspecified atom stereocenters. The van der Waals surface area contributed by atoms with Gasteiger partial charge in [0, 0.05) is 23.1 Å². The Morgan fingerprint density at radius 2 is 1.84 bits per heavy atom. The number of rotatable bonds is 1. The minimum Gasteiger partial charge on any atom is -0.351 e. The maximum atomic E-state index is 6.32. The van der Waals surface area contributed by atoms with Gasteiger partial charge in [0.25, 0.3) is 0 Å². The van der Waals surface area contributed by atoms with E-state index in [-0.39, 0.29) is 11.0 Å². The van der Waals surface area contributed by atoms with Crippen molar-refractivity contribution < 1.29 is 0 Å². The second-order valence-electron chi connectivity index (χ2n) is 7.10. The smallest absolute Gasteiger partial charge is 0.137 e. The maximum absolute atomic E-state index is 6.32. The summed E-state index contributed by atoms with van der Waals surface area (Å²) in [5.41, 5.74) is 1.05. The Morgan fingerprint density at radius 3 is 2.32 bits per heavy atom. The molecule has 0 spiro atoms. The fourth-order valence-corrected chi connectivity index (χ4v) is 2.74. The van der Waals surface area contributed by atoms with Gasteiger partial charge in [-0.05, 0) is 33.6 Å². The van der Waals surface area contributed by atoms with Crippen molar-refractivity contribution in [2.75, 3.05) is 11.4 Å². The van der Waals surface area contributed by atoms with Gasteiger partial charge in [0.2, 0.25) is 0 Å². The summed E-state index contributed by atoms with van der Waals surface area (Å²) in [6.45, 7) is 14.0. The number of hydrogen-bond acceptors (Lipinski definition) is 3. The first-order valence-electron chi connectivity index (χ1n) is 6.95. The summed E-state index contributed by atoms with van der Waals surface area (Å²) in [7, 11) is 0. The van der Waals surface area contributed by atoms with Crippen molar-refractivity contribution in [3.63, 3.8) is 0 Å². The third-order valence-corrected chi connectivity index (χ3v) is 4.26. The predicted molar refractivity (Wildman–Crippen MR) is 81.1 cm³/mol. The first-order chi connectivity index (χ1) is 8.63. The van der Waals surface area contributed by atoms with Crippen LogP contribution in [0.4, 0.5) is 5.82 Å². The van der Waals surface area contributed by atoms with Gasteiger partial charge in [0.15, 0.2) is 0 Å². The van der Waals surface area contributed by atoms with Gasteiger partial charge in [-0.2, -0.15) is 0 Å². The van der Waals surface area contributed by atoms with E-state index in [2.05, 4.69) is 44.5 Å². The fourth-order valence-electron chi connectivity index (χ4n) is 2.58. The Hall–Kier alpha value is -0.830. The van der Waals surface area contributed by atoms with Crippen molar-refractivity contribution in [1.82, 2.24) is 9.97 Å². The van der Waals surface area contributed by atoms with Crippen LogP contribution in [-0.4, -0.2) is 22.1 Å². The van der Waals surface area contributed by atoms with Crippen LogP contribution in [0.2, 0.25) is 5.15 Å². The third-order valence-electron chi connectivity index (χ3n) is 3.89. The SMILES string of the molecule is Cc1c(Cl)nc(C(C)(C)C)nc1N1CCCC1(C)C. The van der Waals surface area contributed by atoms with E-state index >= 15 is 0 Å². The van der Waals surface area contributed by atoms with Gasteiger partial charge in [-0.1, -0.05) is 32.4 Å². The normalized spacial score (nSPS) is 19.0. The van der Waals surface area contributed by atoms with Crippen LogP contribution in [0.15, 0.2) is 0 Å². The molecule has 0 radical (unpaired) electrons. The highest BCUT2D eigenvalue weighted by Crippen LogP contribution is 2.36. The standard InChI is InChI=1S/C15H24ClN3/c1-10-11(16)17-13(14(2,3)4)18-12(10)19-9-7-8-15(19,5)6/h7-9H2,1-6H3. The van der Waals surface area contributed by atoms with E-state index in [1.54, 1.807) is 0 Å². The van der Waals surface area contributed by atoms with Crippen LogP contribution >= 0.6 is 11.6 Å². The zero-order valence-corrected chi connectivity index (χ0v) is 13.6. The molecule has 2 rings (SSSR count). The van der Waals surface area contributed by atoms with E-state index in [1.165, 1.54) is 12.8 Å². The Kier molecular flexibility index (Phi) is 3.54. The van der Waals surface area contributed by atoms with Crippen molar-refractivity contribution in [1.29, 1.82) is 0 Å². The third kappa shape index (κ3) is 2.71. The zero-order chi connectivity index (χ0) is 14.4. The van der Waals surface area contributed by atoms with Crippen LogP contribution in [-0.2, 0) is 5.41 Å². The van der Waals surface area contributed by atoms with E-state index in [9.17, 15) is 0 Å². The van der Waals surface area contributed by atoms with Gasteiger partial charge < -0.3 is 4.90 Å². The topological polar surface area (TPSA) is 29.0 Å².